The zero-order valence-electron chi connectivity index (χ0n) is 35.0. The summed E-state index contributed by atoms with van der Waals surface area (Å²) in [5.74, 6) is 2.92. The highest BCUT2D eigenvalue weighted by Gasteiger charge is 2.48. The van der Waals surface area contributed by atoms with Gasteiger partial charge in [-0.05, 0) is 117 Å². The van der Waals surface area contributed by atoms with Crippen LogP contribution in [0.2, 0.25) is 0 Å². The third kappa shape index (κ3) is 6.99. The van der Waals surface area contributed by atoms with Crippen LogP contribution in [0.3, 0.4) is 0 Å². The maximum absolute atomic E-state index is 12.1. The van der Waals surface area contributed by atoms with E-state index in [-0.39, 0.29) is 17.0 Å². The van der Waals surface area contributed by atoms with Crippen LogP contribution in [0.15, 0.2) is 108 Å². The highest BCUT2D eigenvalue weighted by atomic mass is 32.2. The van der Waals surface area contributed by atoms with Gasteiger partial charge in [0.2, 0.25) is 0 Å². The third-order valence-corrected chi connectivity index (χ3v) is 13.5. The summed E-state index contributed by atoms with van der Waals surface area (Å²) in [5, 5.41) is 2.28. The molecule has 5 aromatic carbocycles. The number of fused-ring (bicyclic) bond motifs is 11. The first-order chi connectivity index (χ1) is 28.5. The Morgan fingerprint density at radius 1 is 0.847 bits per heavy atom. The molecule has 0 aromatic heterocycles. The summed E-state index contributed by atoms with van der Waals surface area (Å²) < 4.78 is 32.0. The molecule has 0 bridgehead atoms. The molecule has 304 valence electrons. The Bertz CT molecular complexity index is 2450. The van der Waals surface area contributed by atoms with E-state index in [0.29, 0.717) is 17.9 Å². The Morgan fingerprint density at radius 2 is 1.51 bits per heavy atom. The van der Waals surface area contributed by atoms with Crippen molar-refractivity contribution in [3.05, 3.63) is 131 Å². The van der Waals surface area contributed by atoms with Crippen molar-refractivity contribution in [2.45, 2.75) is 113 Å². The molecule has 6 nitrogen and oxygen atoms in total. The van der Waals surface area contributed by atoms with Crippen LogP contribution < -0.4 is 18.9 Å². The topological polar surface area (TPSA) is 63.2 Å². The number of thioether (sulfide) groups is 1. The first-order valence-corrected chi connectivity index (χ1v) is 22.2. The molecule has 0 radical (unpaired) electrons. The molecular formula is C52H54O6S. The molecular weight excluding hydrogens is 753 g/mol. The van der Waals surface area contributed by atoms with E-state index in [4.69, 9.17) is 23.7 Å². The van der Waals surface area contributed by atoms with E-state index < -0.39 is 17.7 Å². The summed E-state index contributed by atoms with van der Waals surface area (Å²) in [7, 11) is 0. The van der Waals surface area contributed by atoms with Gasteiger partial charge in [0.25, 0.3) is 0 Å². The van der Waals surface area contributed by atoms with Gasteiger partial charge in [0.05, 0.1) is 11.5 Å². The Labute approximate surface area is 352 Å². The van der Waals surface area contributed by atoms with Crippen LogP contribution >= 0.6 is 11.8 Å². The fourth-order valence-electron chi connectivity index (χ4n) is 9.74. The van der Waals surface area contributed by atoms with Gasteiger partial charge in [-0.1, -0.05) is 112 Å². The van der Waals surface area contributed by atoms with Gasteiger partial charge in [0, 0.05) is 33.1 Å². The van der Waals surface area contributed by atoms with Crippen LogP contribution in [-0.4, -0.2) is 30.2 Å². The standard InChI is InChI=1S/C52H54O6S/c1-7-29-54-37-21-17-35(18-22-37)52(36-19-23-38(24-20-36)55-32-34(4)56-49(53)33(2)3)28-25-40-47-46(39-15-11-12-16-43(39)51(47)26-13-9-8-10-14-27-51)41-30-44-45(59-50(5,6)57-44)31-42(41)48(40)58-52/h11-12,15-25,28,30-31,34H,2,7-10,13-14,26-27,29,32H2,1,3-6H3. The second-order valence-electron chi connectivity index (χ2n) is 17.2. The summed E-state index contributed by atoms with van der Waals surface area (Å²) in [6, 6.07) is 30.3. The highest BCUT2D eigenvalue weighted by molar-refractivity contribution is 8.00. The van der Waals surface area contributed by atoms with E-state index in [1.54, 1.807) is 18.7 Å². The first kappa shape index (κ1) is 39.3. The molecule has 2 atom stereocenters. The van der Waals surface area contributed by atoms with Crippen molar-refractivity contribution in [1.82, 2.24) is 0 Å². The second kappa shape index (κ2) is 15.5. The number of ether oxygens (including phenoxy) is 5. The van der Waals surface area contributed by atoms with Gasteiger partial charge in [0.15, 0.2) is 10.5 Å². The quantitative estimate of drug-likeness (QED) is 0.103. The predicted octanol–water partition coefficient (Wildman–Crippen LogP) is 13.1. The number of carbonyl (C=O) groups excluding carboxylic acids is 1. The Hall–Kier alpha value is -5.14. The third-order valence-electron chi connectivity index (χ3n) is 12.4. The van der Waals surface area contributed by atoms with Crippen molar-refractivity contribution < 1.29 is 28.5 Å². The Kier molecular flexibility index (Phi) is 10.3. The molecule has 2 heterocycles. The maximum atomic E-state index is 12.1. The SMILES string of the molecule is C=C(C)C(=O)OC(C)COc1ccc(C2(c3ccc(OCCC)cc3)C=Cc3c4c(c5cc6c(cc5c3O2)SC(C)(C)O6)-c2ccccc2C42CCCCCCC2)cc1. The molecule has 59 heavy (non-hydrogen) atoms. The fourth-order valence-corrected chi connectivity index (χ4v) is 10.8. The van der Waals surface area contributed by atoms with E-state index in [9.17, 15) is 4.79 Å². The van der Waals surface area contributed by atoms with Crippen LogP contribution in [-0.2, 0) is 20.5 Å². The molecule has 0 N–H and O–H groups in total. The minimum atomic E-state index is -0.970. The van der Waals surface area contributed by atoms with Gasteiger partial charge in [-0.15, -0.1) is 0 Å². The first-order valence-electron chi connectivity index (χ1n) is 21.4. The summed E-state index contributed by atoms with van der Waals surface area (Å²) in [6.07, 6.45) is 13.6. The van der Waals surface area contributed by atoms with Gasteiger partial charge >= 0.3 is 5.97 Å². The van der Waals surface area contributed by atoms with Crippen molar-refractivity contribution in [1.29, 1.82) is 0 Å². The van der Waals surface area contributed by atoms with Gasteiger partial charge in [-0.25, -0.2) is 4.79 Å². The number of carbonyl (C=O) groups is 1. The van der Waals surface area contributed by atoms with Gasteiger partial charge in [-0.3, -0.25) is 0 Å². The molecule has 7 heteroatoms. The highest BCUT2D eigenvalue weighted by Crippen LogP contribution is 2.63. The van der Waals surface area contributed by atoms with Gasteiger partial charge in [0.1, 0.15) is 35.7 Å². The van der Waals surface area contributed by atoms with Crippen molar-refractivity contribution in [2.24, 2.45) is 0 Å². The van der Waals surface area contributed by atoms with Crippen molar-refractivity contribution in [3.8, 4) is 34.1 Å². The summed E-state index contributed by atoms with van der Waals surface area (Å²) in [4.78, 5) is 12.9. The second-order valence-corrected chi connectivity index (χ2v) is 18.8. The van der Waals surface area contributed by atoms with Gasteiger partial charge < -0.3 is 23.7 Å². The molecule has 1 saturated carbocycles. The van der Waals surface area contributed by atoms with Gasteiger partial charge in [-0.2, -0.15) is 0 Å². The van der Waals surface area contributed by atoms with Crippen molar-refractivity contribution in [2.75, 3.05) is 13.2 Å². The lowest BCUT2D eigenvalue weighted by Crippen LogP contribution is -2.35. The Morgan fingerprint density at radius 3 is 2.19 bits per heavy atom. The summed E-state index contributed by atoms with van der Waals surface area (Å²) in [5.41, 5.74) is 7.96. The lowest BCUT2D eigenvalue weighted by molar-refractivity contribution is -0.144. The zero-order valence-corrected chi connectivity index (χ0v) is 35.8. The predicted molar refractivity (Wildman–Crippen MR) is 238 cm³/mol. The average molecular weight is 807 g/mol. The Balaban J connectivity index is 1.22. The van der Waals surface area contributed by atoms with E-state index >= 15 is 0 Å². The van der Waals surface area contributed by atoms with E-state index in [0.717, 1.165) is 57.9 Å². The van der Waals surface area contributed by atoms with E-state index in [1.807, 2.05) is 19.1 Å². The molecule has 2 aliphatic carbocycles. The molecule has 2 unspecified atom stereocenters. The molecule has 1 fully saturated rings. The molecule has 5 aromatic rings. The molecule has 0 amide bonds. The number of hydrogen-bond donors (Lipinski definition) is 0. The average Bonchev–Trinajstić information content (AvgIpc) is 3.70. The number of benzene rings is 5. The van der Waals surface area contributed by atoms with E-state index in [1.165, 1.54) is 65.3 Å². The molecule has 1 spiro atoms. The van der Waals surface area contributed by atoms with Crippen LogP contribution in [0.5, 0.6) is 23.0 Å². The normalized spacial score (nSPS) is 19.9. The largest absolute Gasteiger partial charge is 0.494 e. The minimum absolute atomic E-state index is 0.112. The van der Waals surface area contributed by atoms with Crippen LogP contribution in [0.25, 0.3) is 28.0 Å². The van der Waals surface area contributed by atoms with Crippen molar-refractivity contribution in [3.63, 3.8) is 0 Å². The summed E-state index contributed by atoms with van der Waals surface area (Å²) in [6.45, 7) is 14.4. The smallest absolute Gasteiger partial charge is 0.333 e. The lowest BCUT2D eigenvalue weighted by atomic mass is 9.67. The zero-order chi connectivity index (χ0) is 40.9. The number of rotatable bonds is 10. The van der Waals surface area contributed by atoms with Crippen LogP contribution in [0, 0.1) is 0 Å². The van der Waals surface area contributed by atoms with Crippen LogP contribution in [0.4, 0.5) is 0 Å². The summed E-state index contributed by atoms with van der Waals surface area (Å²) >= 11 is 1.76. The number of esters is 1. The molecule has 4 aliphatic rings. The molecule has 9 rings (SSSR count). The number of hydrogen-bond acceptors (Lipinski definition) is 7. The van der Waals surface area contributed by atoms with E-state index in [2.05, 4.69) is 112 Å². The van der Waals surface area contributed by atoms with Crippen molar-refractivity contribution >= 4 is 34.6 Å². The maximum Gasteiger partial charge on any atom is 0.333 e. The molecule has 2 aliphatic heterocycles. The fraction of sp³-hybridized carbons (Fsp3) is 0.365. The van der Waals surface area contributed by atoms with Crippen LogP contribution in [0.1, 0.15) is 114 Å². The molecule has 0 saturated heterocycles. The minimum Gasteiger partial charge on any atom is -0.494 e. The lowest BCUT2D eigenvalue weighted by Gasteiger charge is -2.40. The monoisotopic (exact) mass is 806 g/mol.